The van der Waals surface area contributed by atoms with E-state index in [1.807, 2.05) is 67.9 Å². The number of amides is 1. The van der Waals surface area contributed by atoms with E-state index in [0.717, 1.165) is 57.6 Å². The van der Waals surface area contributed by atoms with E-state index in [4.69, 9.17) is 4.74 Å². The summed E-state index contributed by atoms with van der Waals surface area (Å²) in [7, 11) is 0. The number of nitrogens with one attached hydrogen (secondary N) is 2. The van der Waals surface area contributed by atoms with Crippen molar-refractivity contribution in [1.29, 1.82) is 0 Å². The summed E-state index contributed by atoms with van der Waals surface area (Å²) in [6.45, 7) is 9.44. The smallest absolute Gasteiger partial charge is 0.252 e. The first-order valence-electron chi connectivity index (χ1n) is 12.6. The molecule has 5 rings (SSSR count). The summed E-state index contributed by atoms with van der Waals surface area (Å²) >= 11 is 0. The predicted octanol–water partition coefficient (Wildman–Crippen LogP) is 5.11. The fourth-order valence-corrected chi connectivity index (χ4v) is 4.39. The van der Waals surface area contributed by atoms with E-state index in [1.165, 1.54) is 0 Å². The number of fused-ring (bicyclic) bond motifs is 1. The number of rotatable bonds is 8. The van der Waals surface area contributed by atoms with E-state index >= 15 is 0 Å². The molecule has 8 heteroatoms. The van der Waals surface area contributed by atoms with Crippen LogP contribution in [0.4, 0.5) is 11.5 Å². The standard InChI is InChI=1S/C29H33N5O3/c1-17-10-22(11-18(2)27(17)28(35)32-21-6-7-21)31-26-14-23-13-20(8-9-34(23)33-26)24-12-19(3)30-15-25(24)37-16-29(4,5)36/h8-15,21,36H,6-7,16H2,1-5H3,(H,31,33)(H,32,35). The van der Waals surface area contributed by atoms with Gasteiger partial charge in [0.05, 0.1) is 17.3 Å². The van der Waals surface area contributed by atoms with Gasteiger partial charge in [-0.1, -0.05) is 0 Å². The Bertz CT molecular complexity index is 1460. The minimum absolute atomic E-state index is 0.00144. The van der Waals surface area contributed by atoms with Crippen LogP contribution in [0.15, 0.2) is 48.8 Å². The molecule has 1 aliphatic rings. The monoisotopic (exact) mass is 499 g/mol. The number of carbonyl (C=O) groups excluding carboxylic acids is 1. The lowest BCUT2D eigenvalue weighted by Gasteiger charge is -2.19. The summed E-state index contributed by atoms with van der Waals surface area (Å²) in [5.41, 5.74) is 6.19. The van der Waals surface area contributed by atoms with Crippen LogP contribution in [-0.4, -0.2) is 43.9 Å². The summed E-state index contributed by atoms with van der Waals surface area (Å²) < 4.78 is 7.72. The molecule has 0 aliphatic heterocycles. The van der Waals surface area contributed by atoms with Gasteiger partial charge in [0.25, 0.3) is 5.91 Å². The van der Waals surface area contributed by atoms with Gasteiger partial charge in [0.1, 0.15) is 12.4 Å². The van der Waals surface area contributed by atoms with Gasteiger partial charge in [-0.25, -0.2) is 4.52 Å². The van der Waals surface area contributed by atoms with Gasteiger partial charge in [0.15, 0.2) is 5.82 Å². The van der Waals surface area contributed by atoms with Gasteiger partial charge in [0.2, 0.25) is 0 Å². The number of anilines is 2. The Kier molecular flexibility index (Phi) is 6.37. The van der Waals surface area contributed by atoms with Crippen LogP contribution in [0, 0.1) is 20.8 Å². The molecule has 3 N–H and O–H groups in total. The SMILES string of the molecule is Cc1cc(-c2ccn3nc(Nc4cc(C)c(C(=O)NC5CC5)c(C)c4)cc3c2)c(OCC(C)(C)O)cn1. The Morgan fingerprint density at radius 1 is 1.14 bits per heavy atom. The molecule has 192 valence electrons. The molecule has 0 spiro atoms. The zero-order valence-electron chi connectivity index (χ0n) is 21.9. The van der Waals surface area contributed by atoms with Gasteiger partial charge in [-0.05, 0) is 94.5 Å². The second-order valence-electron chi connectivity index (χ2n) is 10.6. The number of aliphatic hydroxyl groups is 1. The van der Waals surface area contributed by atoms with Crippen molar-refractivity contribution in [2.24, 2.45) is 0 Å². The molecule has 1 amide bonds. The Morgan fingerprint density at radius 2 is 1.86 bits per heavy atom. The number of hydrogen-bond donors (Lipinski definition) is 3. The first-order chi connectivity index (χ1) is 17.6. The van der Waals surface area contributed by atoms with E-state index in [2.05, 4.69) is 20.7 Å². The Labute approximate surface area is 216 Å². The molecule has 1 saturated carbocycles. The lowest BCUT2D eigenvalue weighted by molar-refractivity contribution is 0.0286. The largest absolute Gasteiger partial charge is 0.488 e. The van der Waals surface area contributed by atoms with Crippen molar-refractivity contribution >= 4 is 22.9 Å². The number of aryl methyl sites for hydroxylation is 3. The molecule has 1 fully saturated rings. The number of nitrogens with zero attached hydrogens (tertiary/aromatic N) is 3. The molecule has 3 aromatic heterocycles. The molecule has 0 bridgehead atoms. The highest BCUT2D eigenvalue weighted by atomic mass is 16.5. The first-order valence-corrected chi connectivity index (χ1v) is 12.6. The van der Waals surface area contributed by atoms with Crippen LogP contribution in [0.5, 0.6) is 5.75 Å². The van der Waals surface area contributed by atoms with Gasteiger partial charge in [0, 0.05) is 40.8 Å². The van der Waals surface area contributed by atoms with Crippen LogP contribution in [0.3, 0.4) is 0 Å². The maximum Gasteiger partial charge on any atom is 0.252 e. The first kappa shape index (κ1) is 24.8. The number of aromatic nitrogens is 3. The van der Waals surface area contributed by atoms with Crippen molar-refractivity contribution in [3.63, 3.8) is 0 Å². The summed E-state index contributed by atoms with van der Waals surface area (Å²) in [6.07, 6.45) is 5.74. The Balaban J connectivity index is 1.40. The molecular formula is C29H33N5O3. The van der Waals surface area contributed by atoms with E-state index in [-0.39, 0.29) is 12.5 Å². The van der Waals surface area contributed by atoms with Crippen LogP contribution < -0.4 is 15.4 Å². The Morgan fingerprint density at radius 3 is 2.54 bits per heavy atom. The molecular weight excluding hydrogens is 466 g/mol. The fourth-order valence-electron chi connectivity index (χ4n) is 4.39. The number of ether oxygens (including phenoxy) is 1. The van der Waals surface area contributed by atoms with Gasteiger partial charge in [-0.3, -0.25) is 9.78 Å². The van der Waals surface area contributed by atoms with Crippen LogP contribution in [0.1, 0.15) is 53.9 Å². The average molecular weight is 500 g/mol. The zero-order valence-corrected chi connectivity index (χ0v) is 21.9. The van der Waals surface area contributed by atoms with E-state index < -0.39 is 5.60 Å². The fraction of sp³-hybridized carbons (Fsp3) is 0.345. The number of pyridine rings is 2. The number of carbonyl (C=O) groups is 1. The van der Waals surface area contributed by atoms with E-state index in [0.29, 0.717) is 17.6 Å². The molecule has 0 saturated heterocycles. The third-order valence-electron chi connectivity index (χ3n) is 6.30. The zero-order chi connectivity index (χ0) is 26.3. The van der Waals surface area contributed by atoms with E-state index in [9.17, 15) is 9.90 Å². The summed E-state index contributed by atoms with van der Waals surface area (Å²) in [5.74, 6) is 1.32. The topological polar surface area (TPSA) is 101 Å². The Hall–Kier alpha value is -3.91. The van der Waals surface area contributed by atoms with Crippen molar-refractivity contribution in [3.05, 3.63) is 71.2 Å². The van der Waals surface area contributed by atoms with Crippen molar-refractivity contribution in [2.45, 2.75) is 59.1 Å². The van der Waals surface area contributed by atoms with Gasteiger partial charge in [-0.15, -0.1) is 0 Å². The maximum atomic E-state index is 12.6. The number of hydrogen-bond acceptors (Lipinski definition) is 6. The summed E-state index contributed by atoms with van der Waals surface area (Å²) in [5, 5.41) is 21.2. The molecule has 0 atom stereocenters. The summed E-state index contributed by atoms with van der Waals surface area (Å²) in [4.78, 5) is 17.0. The quantitative estimate of drug-likeness (QED) is 0.312. The summed E-state index contributed by atoms with van der Waals surface area (Å²) in [6, 6.07) is 12.3. The highest BCUT2D eigenvalue weighted by molar-refractivity contribution is 5.98. The second-order valence-corrected chi connectivity index (χ2v) is 10.6. The maximum absolute atomic E-state index is 12.6. The van der Waals surface area contributed by atoms with E-state index in [1.54, 1.807) is 20.0 Å². The van der Waals surface area contributed by atoms with Crippen LogP contribution in [0.2, 0.25) is 0 Å². The molecule has 0 unspecified atom stereocenters. The molecule has 3 heterocycles. The minimum atomic E-state index is -0.950. The molecule has 1 aromatic carbocycles. The van der Waals surface area contributed by atoms with Gasteiger partial charge < -0.3 is 20.5 Å². The van der Waals surface area contributed by atoms with Crippen molar-refractivity contribution in [1.82, 2.24) is 19.9 Å². The molecule has 1 aliphatic carbocycles. The molecule has 0 radical (unpaired) electrons. The number of benzene rings is 1. The third kappa shape index (κ3) is 5.75. The van der Waals surface area contributed by atoms with Crippen LogP contribution >= 0.6 is 0 Å². The van der Waals surface area contributed by atoms with Crippen molar-refractivity contribution < 1.29 is 14.6 Å². The molecule has 37 heavy (non-hydrogen) atoms. The molecule has 4 aromatic rings. The highest BCUT2D eigenvalue weighted by Crippen LogP contribution is 2.32. The van der Waals surface area contributed by atoms with Crippen molar-refractivity contribution in [2.75, 3.05) is 11.9 Å². The second kappa shape index (κ2) is 9.52. The third-order valence-corrected chi connectivity index (χ3v) is 6.30. The highest BCUT2D eigenvalue weighted by Gasteiger charge is 2.25. The molecule has 8 nitrogen and oxygen atoms in total. The van der Waals surface area contributed by atoms with Crippen LogP contribution in [-0.2, 0) is 0 Å². The average Bonchev–Trinajstić information content (AvgIpc) is 3.53. The lowest BCUT2D eigenvalue weighted by Crippen LogP contribution is -2.28. The minimum Gasteiger partial charge on any atom is -0.488 e. The van der Waals surface area contributed by atoms with Crippen LogP contribution in [0.25, 0.3) is 16.6 Å². The van der Waals surface area contributed by atoms with Crippen molar-refractivity contribution in [3.8, 4) is 16.9 Å². The lowest BCUT2D eigenvalue weighted by atomic mass is 10.0. The normalized spacial score (nSPS) is 13.6. The van der Waals surface area contributed by atoms with Gasteiger partial charge >= 0.3 is 0 Å². The van der Waals surface area contributed by atoms with Gasteiger partial charge in [-0.2, -0.15) is 5.10 Å². The predicted molar refractivity (Wildman–Crippen MR) is 145 cm³/mol.